The molecule has 0 bridgehead atoms. The van der Waals surface area contributed by atoms with Crippen molar-refractivity contribution in [3.63, 3.8) is 0 Å². The lowest BCUT2D eigenvalue weighted by Gasteiger charge is -2.02. The molecule has 0 amide bonds. The Hall–Kier alpha value is -2.36. The summed E-state index contributed by atoms with van der Waals surface area (Å²) in [6.07, 6.45) is 3.65. The van der Waals surface area contributed by atoms with Gasteiger partial charge in [0.15, 0.2) is 5.78 Å². The molecule has 0 saturated heterocycles. The van der Waals surface area contributed by atoms with Crippen LogP contribution in [0.15, 0.2) is 30.2 Å². The normalized spacial score (nSPS) is 11.7. The number of fused-ring (bicyclic) bond motifs is 1. The molecule has 0 saturated carbocycles. The van der Waals surface area contributed by atoms with Crippen LogP contribution in [0.4, 0.5) is 0 Å². The van der Waals surface area contributed by atoms with Crippen LogP contribution in [0.25, 0.3) is 11.6 Å². The first-order valence-corrected chi connectivity index (χ1v) is 6.39. The third-order valence-electron chi connectivity index (χ3n) is 3.13. The molecule has 2 rings (SSSR count). The number of hydrogen-bond acceptors (Lipinski definition) is 3. The number of rotatable bonds is 3. The average molecular weight is 271 g/mol. The van der Waals surface area contributed by atoms with Crippen molar-refractivity contribution in [3.05, 3.63) is 47.0 Å². The molecule has 4 nitrogen and oxygen atoms in total. The number of carbonyl (C=O) groups is 2. The maximum Gasteiger partial charge on any atom is 0.307 e. The molecule has 104 valence electrons. The van der Waals surface area contributed by atoms with Crippen molar-refractivity contribution in [2.24, 2.45) is 0 Å². The minimum Gasteiger partial charge on any atom is -0.432 e. The molecular formula is C16H17NO3. The topological polar surface area (TPSA) is 47.8 Å². The summed E-state index contributed by atoms with van der Waals surface area (Å²) in [5.41, 5.74) is 3.24. The molecule has 2 aromatic rings. The summed E-state index contributed by atoms with van der Waals surface area (Å²) in [4.78, 5) is 22.9. The van der Waals surface area contributed by atoms with Gasteiger partial charge in [0.2, 0.25) is 0 Å². The van der Waals surface area contributed by atoms with Gasteiger partial charge < -0.3 is 9.14 Å². The van der Waals surface area contributed by atoms with Crippen LogP contribution in [-0.4, -0.2) is 16.2 Å². The van der Waals surface area contributed by atoms with Gasteiger partial charge in [0.25, 0.3) is 0 Å². The highest BCUT2D eigenvalue weighted by Crippen LogP contribution is 2.26. The first kappa shape index (κ1) is 14.1. The molecule has 20 heavy (non-hydrogen) atoms. The Bertz CT molecular complexity index is 723. The fraction of sp³-hybridized carbons (Fsp3) is 0.250. The fourth-order valence-electron chi connectivity index (χ4n) is 2.45. The van der Waals surface area contributed by atoms with Crippen molar-refractivity contribution in [2.45, 2.75) is 27.7 Å². The zero-order valence-corrected chi connectivity index (χ0v) is 12.1. The van der Waals surface area contributed by atoms with Gasteiger partial charge in [0.1, 0.15) is 5.76 Å². The van der Waals surface area contributed by atoms with Crippen molar-refractivity contribution in [1.82, 2.24) is 4.40 Å². The summed E-state index contributed by atoms with van der Waals surface area (Å²) in [6.45, 7) is 6.50. The summed E-state index contributed by atoms with van der Waals surface area (Å²) in [7, 11) is 0. The molecule has 0 radical (unpaired) electrons. The minimum absolute atomic E-state index is 0.00641. The number of carbonyl (C=O) groups excluding carboxylic acids is 2. The highest BCUT2D eigenvalue weighted by molar-refractivity contribution is 6.02. The molecular weight excluding hydrogens is 254 g/mol. The largest absolute Gasteiger partial charge is 0.432 e. The zero-order chi connectivity index (χ0) is 14.9. The third kappa shape index (κ3) is 2.50. The van der Waals surface area contributed by atoms with Crippen molar-refractivity contribution in [3.8, 4) is 0 Å². The number of aromatic nitrogens is 1. The number of nitrogens with zero attached hydrogens (tertiary/aromatic N) is 1. The Labute approximate surface area is 117 Å². The van der Waals surface area contributed by atoms with Gasteiger partial charge in [-0.25, -0.2) is 0 Å². The van der Waals surface area contributed by atoms with E-state index in [1.165, 1.54) is 6.92 Å². The van der Waals surface area contributed by atoms with Gasteiger partial charge in [-0.15, -0.1) is 0 Å². The minimum atomic E-state index is -0.372. The molecule has 0 aliphatic rings. The van der Waals surface area contributed by atoms with Gasteiger partial charge in [-0.2, -0.15) is 0 Å². The molecule has 0 aromatic carbocycles. The van der Waals surface area contributed by atoms with Gasteiger partial charge in [-0.3, -0.25) is 9.59 Å². The van der Waals surface area contributed by atoms with E-state index in [4.69, 9.17) is 4.74 Å². The SMILES string of the molecule is CC(=O)O/C(C)=C/c1c(C(C)=O)c(C)n2ccccc12. The van der Waals surface area contributed by atoms with Crippen molar-refractivity contribution in [2.75, 3.05) is 0 Å². The van der Waals surface area contributed by atoms with E-state index in [-0.39, 0.29) is 11.8 Å². The first-order valence-electron chi connectivity index (χ1n) is 6.39. The molecule has 2 aromatic heterocycles. The van der Waals surface area contributed by atoms with Gasteiger partial charge in [0, 0.05) is 29.9 Å². The van der Waals surface area contributed by atoms with E-state index in [1.54, 1.807) is 19.9 Å². The van der Waals surface area contributed by atoms with Gasteiger partial charge in [-0.05, 0) is 39.0 Å². The van der Waals surface area contributed by atoms with Crippen molar-refractivity contribution in [1.29, 1.82) is 0 Å². The Morgan fingerprint density at radius 3 is 2.50 bits per heavy atom. The molecule has 4 heteroatoms. The van der Waals surface area contributed by atoms with Crippen LogP contribution in [0.1, 0.15) is 42.4 Å². The van der Waals surface area contributed by atoms with E-state index in [0.717, 1.165) is 16.8 Å². The monoisotopic (exact) mass is 271 g/mol. The number of aryl methyl sites for hydroxylation is 1. The molecule has 0 aliphatic heterocycles. The van der Waals surface area contributed by atoms with E-state index in [2.05, 4.69) is 0 Å². The second kappa shape index (κ2) is 5.33. The van der Waals surface area contributed by atoms with E-state index >= 15 is 0 Å². The summed E-state index contributed by atoms with van der Waals surface area (Å²) < 4.78 is 7.01. The van der Waals surface area contributed by atoms with Gasteiger partial charge in [0.05, 0.1) is 5.52 Å². The number of hydrogen-bond donors (Lipinski definition) is 0. The highest BCUT2D eigenvalue weighted by Gasteiger charge is 2.17. The van der Waals surface area contributed by atoms with Crippen LogP contribution < -0.4 is 0 Å². The molecule has 0 unspecified atom stereocenters. The maximum atomic E-state index is 11.9. The molecule has 0 fully saturated rings. The third-order valence-corrected chi connectivity index (χ3v) is 3.13. The van der Waals surface area contributed by atoms with Crippen LogP contribution in [0.5, 0.6) is 0 Å². The summed E-state index contributed by atoms with van der Waals surface area (Å²) in [6, 6.07) is 5.76. The molecule has 2 heterocycles. The number of pyridine rings is 1. The lowest BCUT2D eigenvalue weighted by molar-refractivity contribution is -0.136. The van der Waals surface area contributed by atoms with E-state index in [1.807, 2.05) is 35.7 Å². The second-order valence-electron chi connectivity index (χ2n) is 4.73. The fourth-order valence-corrected chi connectivity index (χ4v) is 2.45. The lowest BCUT2D eigenvalue weighted by Crippen LogP contribution is -1.98. The van der Waals surface area contributed by atoms with Crippen LogP contribution in [0.3, 0.4) is 0 Å². The van der Waals surface area contributed by atoms with Gasteiger partial charge >= 0.3 is 5.97 Å². The Morgan fingerprint density at radius 2 is 1.90 bits per heavy atom. The van der Waals surface area contributed by atoms with Crippen molar-refractivity contribution >= 4 is 23.3 Å². The zero-order valence-electron chi connectivity index (χ0n) is 12.1. The number of ketones is 1. The predicted molar refractivity (Wildman–Crippen MR) is 77.6 cm³/mol. The first-order chi connectivity index (χ1) is 9.41. The average Bonchev–Trinajstić information content (AvgIpc) is 2.62. The smallest absolute Gasteiger partial charge is 0.307 e. The van der Waals surface area contributed by atoms with Crippen LogP contribution in [0, 0.1) is 6.92 Å². The number of Topliss-reactive ketones (excluding diaryl/α,β-unsaturated/α-hetero) is 1. The summed E-state index contributed by atoms with van der Waals surface area (Å²) in [5.74, 6) is 0.0905. The van der Waals surface area contributed by atoms with Crippen LogP contribution in [-0.2, 0) is 9.53 Å². The van der Waals surface area contributed by atoms with Crippen molar-refractivity contribution < 1.29 is 14.3 Å². The Kier molecular flexibility index (Phi) is 3.74. The number of allylic oxidation sites excluding steroid dienone is 1. The highest BCUT2D eigenvalue weighted by atomic mass is 16.5. The Morgan fingerprint density at radius 1 is 1.20 bits per heavy atom. The molecule has 0 spiro atoms. The van der Waals surface area contributed by atoms with E-state index in [9.17, 15) is 9.59 Å². The predicted octanol–water partition coefficient (Wildman–Crippen LogP) is 3.37. The summed E-state index contributed by atoms with van der Waals surface area (Å²) in [5, 5.41) is 0. The number of ether oxygens (including phenoxy) is 1. The quantitative estimate of drug-likeness (QED) is 0.488. The Balaban J connectivity index is 2.70. The van der Waals surface area contributed by atoms with E-state index in [0.29, 0.717) is 11.3 Å². The molecule has 0 aliphatic carbocycles. The van der Waals surface area contributed by atoms with Crippen LogP contribution >= 0.6 is 0 Å². The summed E-state index contributed by atoms with van der Waals surface area (Å²) >= 11 is 0. The standard InChI is InChI=1S/C16H17NO3/c1-10(20-13(4)19)9-14-15-7-5-6-8-17(15)11(2)16(14)12(3)18/h5-9H,1-4H3/b10-9+. The lowest BCUT2D eigenvalue weighted by atomic mass is 10.1. The van der Waals surface area contributed by atoms with E-state index < -0.39 is 0 Å². The molecule has 0 N–H and O–H groups in total. The maximum absolute atomic E-state index is 11.9. The number of esters is 1. The van der Waals surface area contributed by atoms with Crippen LogP contribution in [0.2, 0.25) is 0 Å². The molecule has 0 atom stereocenters. The second-order valence-corrected chi connectivity index (χ2v) is 4.73. The van der Waals surface area contributed by atoms with Gasteiger partial charge in [-0.1, -0.05) is 6.07 Å².